The van der Waals surface area contributed by atoms with E-state index < -0.39 is 14.1 Å². The summed E-state index contributed by atoms with van der Waals surface area (Å²) < 4.78 is 6.08. The van der Waals surface area contributed by atoms with Crippen LogP contribution in [-0.4, -0.2) is 32.4 Å². The fourth-order valence-corrected chi connectivity index (χ4v) is 2.70. The summed E-state index contributed by atoms with van der Waals surface area (Å²) in [6.07, 6.45) is 3.04. The van der Waals surface area contributed by atoms with Gasteiger partial charge in [-0.15, -0.1) is 0 Å². The van der Waals surface area contributed by atoms with Crippen LogP contribution >= 0.6 is 0 Å². The van der Waals surface area contributed by atoms with Crippen molar-refractivity contribution in [2.45, 2.75) is 70.4 Å². The molecule has 0 aromatic heterocycles. The van der Waals surface area contributed by atoms with Gasteiger partial charge in [-0.3, -0.25) is 0 Å². The predicted octanol–water partition coefficient (Wildman–Crippen LogP) is 3.22. The van der Waals surface area contributed by atoms with Crippen LogP contribution in [0.4, 0.5) is 0 Å². The van der Waals surface area contributed by atoms with E-state index in [0.29, 0.717) is 19.4 Å². The highest BCUT2D eigenvalue weighted by molar-refractivity contribution is 6.74. The van der Waals surface area contributed by atoms with Crippen molar-refractivity contribution in [1.82, 2.24) is 0 Å². The van der Waals surface area contributed by atoms with Gasteiger partial charge in [-0.05, 0) is 31.0 Å². The number of rotatable bonds is 6. The van der Waals surface area contributed by atoms with Crippen molar-refractivity contribution >= 4 is 8.32 Å². The maximum Gasteiger partial charge on any atom is 0.201 e. The van der Waals surface area contributed by atoms with Gasteiger partial charge >= 0.3 is 0 Å². The molecule has 18 heavy (non-hydrogen) atoms. The Morgan fingerprint density at radius 3 is 2.44 bits per heavy atom. The van der Waals surface area contributed by atoms with Crippen LogP contribution in [0, 0.1) is 0 Å². The SMILES string of the molecule is CC(C)(C)[Si](C)(C)OCCCCC1(O)CCOO1. The van der Waals surface area contributed by atoms with Crippen molar-refractivity contribution in [2.75, 3.05) is 13.2 Å². The quantitative estimate of drug-likeness (QED) is 0.460. The topological polar surface area (TPSA) is 47.9 Å². The summed E-state index contributed by atoms with van der Waals surface area (Å²) in [5.74, 6) is -1.06. The van der Waals surface area contributed by atoms with E-state index >= 15 is 0 Å². The van der Waals surface area contributed by atoms with Gasteiger partial charge < -0.3 is 9.53 Å². The van der Waals surface area contributed by atoms with Crippen molar-refractivity contribution in [3.63, 3.8) is 0 Å². The molecular weight excluding hydrogens is 248 g/mol. The number of unbranched alkanes of at least 4 members (excludes halogenated alkanes) is 1. The summed E-state index contributed by atoms with van der Waals surface area (Å²) in [5.41, 5.74) is 0. The van der Waals surface area contributed by atoms with Crippen molar-refractivity contribution in [3.8, 4) is 0 Å². The minimum atomic E-state index is -1.62. The molecule has 1 rings (SSSR count). The number of aliphatic hydroxyl groups is 1. The Morgan fingerprint density at radius 1 is 1.28 bits per heavy atom. The van der Waals surface area contributed by atoms with Crippen LogP contribution in [0.3, 0.4) is 0 Å². The van der Waals surface area contributed by atoms with Gasteiger partial charge in [0.15, 0.2) is 8.32 Å². The molecule has 1 saturated heterocycles. The summed E-state index contributed by atoms with van der Waals surface area (Å²) in [6, 6.07) is 0. The fourth-order valence-electron chi connectivity index (χ4n) is 1.61. The molecule has 1 unspecified atom stereocenters. The summed E-state index contributed by atoms with van der Waals surface area (Å²) in [4.78, 5) is 9.61. The van der Waals surface area contributed by atoms with E-state index in [4.69, 9.17) is 14.2 Å². The third kappa shape index (κ3) is 4.62. The van der Waals surface area contributed by atoms with E-state index in [-0.39, 0.29) is 5.04 Å². The Bertz CT molecular complexity index is 254. The van der Waals surface area contributed by atoms with E-state index in [1.165, 1.54) is 0 Å². The molecule has 1 fully saturated rings. The molecule has 1 aliphatic rings. The first-order valence-corrected chi connectivity index (χ1v) is 9.74. The third-order valence-corrected chi connectivity index (χ3v) is 8.56. The number of hydrogen-bond donors (Lipinski definition) is 1. The first-order chi connectivity index (χ1) is 8.16. The van der Waals surface area contributed by atoms with Crippen LogP contribution in [0.1, 0.15) is 46.5 Å². The molecule has 4 nitrogen and oxygen atoms in total. The van der Waals surface area contributed by atoms with Gasteiger partial charge in [0, 0.05) is 19.4 Å². The highest BCUT2D eigenvalue weighted by Gasteiger charge is 2.37. The van der Waals surface area contributed by atoms with Gasteiger partial charge in [-0.1, -0.05) is 20.8 Å². The Labute approximate surface area is 112 Å². The number of hydrogen-bond acceptors (Lipinski definition) is 4. The molecule has 1 N–H and O–H groups in total. The lowest BCUT2D eigenvalue weighted by molar-refractivity contribution is -0.368. The maximum atomic E-state index is 9.90. The van der Waals surface area contributed by atoms with E-state index in [9.17, 15) is 5.11 Å². The van der Waals surface area contributed by atoms with Crippen LogP contribution in [0.2, 0.25) is 18.1 Å². The standard InChI is InChI=1S/C13H28O4Si/c1-12(2,3)18(4,5)16-10-7-6-8-13(14)9-11-15-17-13/h14H,6-11H2,1-5H3. The second-order valence-corrected chi connectivity index (χ2v) is 11.5. The molecule has 1 aliphatic heterocycles. The highest BCUT2D eigenvalue weighted by atomic mass is 28.4. The molecule has 0 aromatic carbocycles. The molecule has 0 aromatic rings. The van der Waals surface area contributed by atoms with E-state index in [2.05, 4.69) is 33.9 Å². The summed E-state index contributed by atoms with van der Waals surface area (Å²) in [7, 11) is -1.62. The first-order valence-electron chi connectivity index (χ1n) is 6.83. The molecule has 0 saturated carbocycles. The third-order valence-electron chi connectivity index (χ3n) is 4.02. The lowest BCUT2D eigenvalue weighted by Crippen LogP contribution is -2.41. The predicted molar refractivity (Wildman–Crippen MR) is 73.6 cm³/mol. The van der Waals surface area contributed by atoms with Gasteiger partial charge in [0.05, 0.1) is 6.61 Å². The second-order valence-electron chi connectivity index (χ2n) is 6.67. The Morgan fingerprint density at radius 2 is 1.94 bits per heavy atom. The summed E-state index contributed by atoms with van der Waals surface area (Å²) in [6.45, 7) is 12.5. The zero-order chi connectivity index (χ0) is 13.9. The zero-order valence-electron chi connectivity index (χ0n) is 12.4. The van der Waals surface area contributed by atoms with Gasteiger partial charge in [0.25, 0.3) is 0 Å². The van der Waals surface area contributed by atoms with Crippen LogP contribution < -0.4 is 0 Å². The largest absolute Gasteiger partial charge is 0.417 e. The maximum absolute atomic E-state index is 9.90. The smallest absolute Gasteiger partial charge is 0.201 e. The monoisotopic (exact) mass is 276 g/mol. The van der Waals surface area contributed by atoms with Gasteiger partial charge in [0.1, 0.15) is 0 Å². The van der Waals surface area contributed by atoms with E-state index in [0.717, 1.165) is 19.4 Å². The molecular formula is C13H28O4Si. The minimum absolute atomic E-state index is 0.258. The van der Waals surface area contributed by atoms with Crippen LogP contribution in [-0.2, 0) is 14.2 Å². The van der Waals surface area contributed by atoms with Crippen LogP contribution in [0.25, 0.3) is 0 Å². The van der Waals surface area contributed by atoms with Crippen molar-refractivity contribution in [3.05, 3.63) is 0 Å². The van der Waals surface area contributed by atoms with Crippen molar-refractivity contribution in [1.29, 1.82) is 0 Å². The van der Waals surface area contributed by atoms with Crippen LogP contribution in [0.5, 0.6) is 0 Å². The Balaban J connectivity index is 2.15. The molecule has 0 spiro atoms. The molecule has 0 bridgehead atoms. The Kier molecular flexibility index (Phi) is 5.38. The fraction of sp³-hybridized carbons (Fsp3) is 1.00. The normalized spacial score (nSPS) is 25.7. The second kappa shape index (κ2) is 6.01. The lowest BCUT2D eigenvalue weighted by atomic mass is 10.1. The lowest BCUT2D eigenvalue weighted by Gasteiger charge is -2.36. The van der Waals surface area contributed by atoms with Crippen molar-refractivity contribution < 1.29 is 19.3 Å². The first kappa shape index (κ1) is 16.1. The molecule has 5 heteroatoms. The summed E-state index contributed by atoms with van der Waals surface area (Å²) in [5, 5.41) is 10.2. The van der Waals surface area contributed by atoms with Gasteiger partial charge in [0.2, 0.25) is 5.79 Å². The zero-order valence-corrected chi connectivity index (χ0v) is 13.4. The van der Waals surface area contributed by atoms with Gasteiger partial charge in [-0.2, -0.15) is 0 Å². The average Bonchev–Trinajstić information content (AvgIpc) is 2.63. The molecule has 0 amide bonds. The van der Waals surface area contributed by atoms with Gasteiger partial charge in [-0.25, -0.2) is 9.78 Å². The van der Waals surface area contributed by atoms with Crippen LogP contribution in [0.15, 0.2) is 0 Å². The van der Waals surface area contributed by atoms with E-state index in [1.807, 2.05) is 0 Å². The average molecular weight is 276 g/mol. The molecule has 1 heterocycles. The molecule has 0 aliphatic carbocycles. The molecule has 0 radical (unpaired) electrons. The Hall–Kier alpha value is 0.0569. The summed E-state index contributed by atoms with van der Waals surface area (Å²) >= 11 is 0. The van der Waals surface area contributed by atoms with E-state index in [1.54, 1.807) is 0 Å². The molecule has 1 atom stereocenters. The molecule has 108 valence electrons. The minimum Gasteiger partial charge on any atom is -0.417 e. The van der Waals surface area contributed by atoms with Crippen molar-refractivity contribution in [2.24, 2.45) is 0 Å². The highest BCUT2D eigenvalue weighted by Crippen LogP contribution is 2.36.